The summed E-state index contributed by atoms with van der Waals surface area (Å²) >= 11 is 0. The Labute approximate surface area is 791 Å². The van der Waals surface area contributed by atoms with E-state index in [0.29, 0.717) is 110 Å². The predicted octanol–water partition coefficient (Wildman–Crippen LogP) is 26.2. The Balaban J connectivity index is 0.000000364. The highest BCUT2D eigenvalue weighted by molar-refractivity contribution is 5.08. The van der Waals surface area contributed by atoms with Crippen LogP contribution in [-0.4, -0.2) is 280 Å². The minimum Gasteiger partial charge on any atom is -0.380 e. The van der Waals surface area contributed by atoms with Crippen LogP contribution < -0.4 is 0 Å². The van der Waals surface area contributed by atoms with E-state index < -0.39 is 18.5 Å². The van der Waals surface area contributed by atoms with Crippen molar-refractivity contribution in [3.8, 4) is 0 Å². The summed E-state index contributed by atoms with van der Waals surface area (Å²) in [4.78, 5) is 25.6. The predicted molar refractivity (Wildman–Crippen MR) is 548 cm³/mol. The molecule has 12 rings (SSSR count). The van der Waals surface area contributed by atoms with Crippen LogP contribution in [0.3, 0.4) is 0 Å². The van der Waals surface area contributed by atoms with Crippen LogP contribution in [0.4, 0.5) is 13.2 Å². The minimum absolute atomic E-state index is 0.342. The molecule has 0 aromatic heterocycles. The van der Waals surface area contributed by atoms with Gasteiger partial charge in [-0.05, 0) is 311 Å². The summed E-state index contributed by atoms with van der Waals surface area (Å²) in [6.45, 7) is 112. The second kappa shape index (κ2) is 58.2. The van der Waals surface area contributed by atoms with E-state index in [0.717, 1.165) is 183 Å². The maximum absolute atomic E-state index is 13.1. The van der Waals surface area contributed by atoms with Gasteiger partial charge in [0.05, 0.1) is 25.5 Å². The number of hydrogen-bond donors (Lipinski definition) is 0. The van der Waals surface area contributed by atoms with E-state index >= 15 is 0 Å². The van der Waals surface area contributed by atoms with E-state index in [-0.39, 0.29) is 0 Å². The lowest BCUT2D eigenvalue weighted by Crippen LogP contribution is -2.41. The molecule has 2 aliphatic carbocycles. The molecule has 12 fully saturated rings. The van der Waals surface area contributed by atoms with Gasteiger partial charge in [-0.3, -0.25) is 49.0 Å². The second-order valence-corrected chi connectivity index (χ2v) is 48.8. The van der Waals surface area contributed by atoms with Gasteiger partial charge in [-0.1, -0.05) is 172 Å². The van der Waals surface area contributed by atoms with Crippen LogP contribution in [0, 0.1) is 101 Å². The summed E-state index contributed by atoms with van der Waals surface area (Å²) in [6.07, 6.45) is 14.8. The molecule has 16 heteroatoms. The summed E-state index contributed by atoms with van der Waals surface area (Å²) in [7, 11) is 1.83. The van der Waals surface area contributed by atoms with Crippen molar-refractivity contribution in [3.05, 3.63) is 0 Å². The first kappa shape index (κ1) is 120. The fourth-order valence-corrected chi connectivity index (χ4v) is 24.4. The molecule has 10 saturated heterocycles. The Kier molecular flexibility index (Phi) is 55.2. The van der Waals surface area contributed by atoms with Crippen LogP contribution in [-0.2, 0) is 14.2 Å². The van der Waals surface area contributed by atoms with Crippen molar-refractivity contribution in [2.75, 3.05) is 79.4 Å². The molecule has 0 radical (unpaired) electrons. The number of halogens is 3. The Morgan fingerprint density at radius 3 is 1.02 bits per heavy atom. The molecule has 0 amide bonds. The molecule has 12 aliphatic rings. The van der Waals surface area contributed by atoms with E-state index in [1.807, 2.05) is 7.11 Å². The average Bonchev–Trinajstić information content (AvgIpc) is 1.59. The number of likely N-dealkylation sites (tertiary alicyclic amines) is 9. The number of ether oxygens (including phenoxy) is 3. The summed E-state index contributed by atoms with van der Waals surface area (Å²) in [5, 5.41) is 0. The van der Waals surface area contributed by atoms with E-state index in [2.05, 4.69) is 354 Å². The largest absolute Gasteiger partial charge is 0.380 e. The van der Waals surface area contributed by atoms with Gasteiger partial charge in [-0.15, -0.1) is 0 Å². The first-order valence-electron chi connectivity index (χ1n) is 54.3. The van der Waals surface area contributed by atoms with Gasteiger partial charge in [-0.2, -0.15) is 0 Å². The lowest BCUT2D eigenvalue weighted by atomic mass is 9.95. The highest BCUT2D eigenvalue weighted by Crippen LogP contribution is 2.53. The molecule has 21 atom stereocenters. The first-order chi connectivity index (χ1) is 59.0. The molecule has 0 aromatic carbocycles. The number of alkyl halides is 3. The van der Waals surface area contributed by atoms with Crippen molar-refractivity contribution in [1.82, 2.24) is 49.0 Å². The summed E-state index contributed by atoms with van der Waals surface area (Å²) in [5.41, 5.74) is 0. The highest BCUT2D eigenvalue weighted by Gasteiger charge is 2.55. The second-order valence-electron chi connectivity index (χ2n) is 48.8. The maximum atomic E-state index is 13.1. The van der Waals surface area contributed by atoms with E-state index in [9.17, 15) is 13.2 Å². The Morgan fingerprint density at radius 1 is 0.323 bits per heavy atom. The van der Waals surface area contributed by atoms with Crippen molar-refractivity contribution >= 4 is 0 Å². The van der Waals surface area contributed by atoms with Crippen molar-refractivity contribution in [2.24, 2.45) is 101 Å². The topological polar surface area (TPSA) is 60.1 Å². The summed E-state index contributed by atoms with van der Waals surface area (Å²) < 4.78 is 54.8. The maximum Gasteiger partial charge on any atom is 0.242 e. The SMILES string of the molecule is CC(C)[C@@H]1C2CC2CN1C(C)C.CC(C)[C@@H]1CC(F)CN1C(C)C.CC(C)[C@@H]1CC2CC2N1C(C)C.CC(C)[C@@H]1COCN1C(C)C.CC(C)[C@@H]1C[C@H](C(F)F)CN1C(C)C.CC(C)[C@@H]1C[C@H](C)CN1C(C)C.CCC[C@H]1C[C@@H](C(C)C)N(C(C)C)C1.CCO[C@H]1C[C@@H](C(C)C)N(C(C)C)C1.CC[C@H]1C[C@@H](C(C)C)N(C(C)C)C1.CO[C@H]1C[C@@H](C(C)C)N(C(C)C)C1. The molecular weight excluding hydrogens is 1580 g/mol. The minimum atomic E-state index is -2.15. The standard InChI is InChI=1S/C13H27N.C12H25NO.C12H25N.C11H21F2N.C11H23NO.2C11H21N.C11H23N.C10H20FN.C9H19NO/c1-6-7-12-8-13(10(2)3)14(9-12)11(4)5;1-6-14-11-7-12(9(2)3)13(8-11)10(4)5;1-6-11-7-12(9(2)3)13(8-11)10(4)5;1-7(2)10-5-9(11(12)13)6-14(10)8(3)4;1-8(2)11-6-10(13-5)7-12(11)9(3)4;1-7(2)11-10-5-9(10)6-12(11)8(3)4;1-7(2)10-5-9-6-11(9)12(10)8(3)4;1-8(2)11-6-10(5)7-12(11)9(3)4;1-7(2)10-5-9(11)6-12(10)8(3)4;1-7(2)9-5-11-6-10(9)8(3)4/h10-13H,6-9H2,1-5H3;9-12H,6-8H2,1-5H3;9-12H,6-8H2,1-5H3;7-11H,5-6H2,1-4H3;8-11H,6-7H2,1-5H3;2*7-11H,5-6H2,1-4H3;8-11H,6-7H2,1-5H3;7-10H,5-6H2,1-4H3;7-9H,5-6H2,1-4H3/t12-,13-;2*11-,12-;9-,10-;10-,11-;9?,10?,11-;9?,10-,11?;10-,11-;9?,10-;9-/m0000010000/s1. The Hall–Kier alpha value is -0.730. The molecule has 0 N–H and O–H groups in total. The lowest BCUT2D eigenvalue weighted by molar-refractivity contribution is 0.0659. The lowest BCUT2D eigenvalue weighted by Gasteiger charge is -2.33. The van der Waals surface area contributed by atoms with Crippen LogP contribution in [0.2, 0.25) is 0 Å². The van der Waals surface area contributed by atoms with Crippen LogP contribution >= 0.6 is 0 Å². The molecular formula is C111H225F3N10O3. The van der Waals surface area contributed by atoms with Gasteiger partial charge in [0.2, 0.25) is 6.43 Å². The zero-order chi connectivity index (χ0) is 97.1. The van der Waals surface area contributed by atoms with Gasteiger partial charge in [0, 0.05) is 199 Å². The fraction of sp³-hybridized carbons (Fsp3) is 1.00. The van der Waals surface area contributed by atoms with Crippen LogP contribution in [0.15, 0.2) is 0 Å². The van der Waals surface area contributed by atoms with Crippen molar-refractivity contribution in [3.63, 3.8) is 0 Å². The number of hydrogen-bond acceptors (Lipinski definition) is 13. The van der Waals surface area contributed by atoms with Gasteiger partial charge >= 0.3 is 0 Å². The number of nitrogens with zero attached hydrogens (tertiary/aromatic N) is 10. The molecule has 5 unspecified atom stereocenters. The number of fused-ring (bicyclic) bond motifs is 2. The van der Waals surface area contributed by atoms with Crippen LogP contribution in [0.5, 0.6) is 0 Å². The average molecular weight is 1810 g/mol. The molecule has 10 aliphatic heterocycles. The van der Waals surface area contributed by atoms with Crippen LogP contribution in [0.25, 0.3) is 0 Å². The molecule has 13 nitrogen and oxygen atoms in total. The van der Waals surface area contributed by atoms with Crippen LogP contribution in [0.1, 0.15) is 388 Å². The summed E-state index contributed by atoms with van der Waals surface area (Å²) in [5.74, 6) is 13.0. The third-order valence-corrected chi connectivity index (χ3v) is 31.9. The molecule has 0 aromatic rings. The van der Waals surface area contributed by atoms with Crippen molar-refractivity contribution < 1.29 is 27.4 Å². The van der Waals surface area contributed by atoms with Gasteiger partial charge in [0.25, 0.3) is 0 Å². The number of piperidine rings is 2. The molecule has 758 valence electrons. The van der Waals surface area contributed by atoms with Crippen molar-refractivity contribution in [2.45, 2.75) is 540 Å². The molecule has 127 heavy (non-hydrogen) atoms. The van der Waals surface area contributed by atoms with Crippen molar-refractivity contribution in [1.29, 1.82) is 0 Å². The quantitative estimate of drug-likeness (QED) is 0.0785. The Morgan fingerprint density at radius 2 is 0.693 bits per heavy atom. The fourth-order valence-electron chi connectivity index (χ4n) is 24.4. The van der Waals surface area contributed by atoms with Gasteiger partial charge in [0.1, 0.15) is 6.17 Å². The van der Waals surface area contributed by atoms with E-state index in [1.54, 1.807) is 0 Å². The molecule has 10 heterocycles. The molecule has 2 saturated carbocycles. The highest BCUT2D eigenvalue weighted by atomic mass is 19.3. The third-order valence-electron chi connectivity index (χ3n) is 31.9. The zero-order valence-corrected chi connectivity index (χ0v) is 93.1. The third kappa shape index (κ3) is 38.2. The number of rotatable bonds is 27. The first-order valence-corrected chi connectivity index (χ1v) is 54.3. The monoisotopic (exact) mass is 1800 g/mol. The molecule has 0 spiro atoms. The normalized spacial score (nSPS) is 32.2. The zero-order valence-electron chi connectivity index (χ0n) is 93.1. The van der Waals surface area contributed by atoms with Gasteiger partial charge in [-0.25, -0.2) is 13.2 Å². The Bertz CT molecular complexity index is 2500. The van der Waals surface area contributed by atoms with Gasteiger partial charge in [0.15, 0.2) is 0 Å². The van der Waals surface area contributed by atoms with E-state index in [1.165, 1.54) is 96.8 Å². The van der Waals surface area contributed by atoms with E-state index in [4.69, 9.17) is 14.2 Å². The van der Waals surface area contributed by atoms with Gasteiger partial charge < -0.3 is 14.2 Å². The number of methoxy groups -OCH3 is 1. The molecule has 0 bridgehead atoms. The summed E-state index contributed by atoms with van der Waals surface area (Å²) in [6, 6.07) is 14.6. The smallest absolute Gasteiger partial charge is 0.242 e.